The summed E-state index contributed by atoms with van der Waals surface area (Å²) in [7, 11) is 4.83. The van der Waals surface area contributed by atoms with Crippen LogP contribution in [-0.2, 0) is 11.3 Å². The largest absolute Gasteiger partial charge is 0.493 e. The summed E-state index contributed by atoms with van der Waals surface area (Å²) in [6.45, 7) is 0.508. The van der Waals surface area contributed by atoms with E-state index < -0.39 is 0 Å². The summed E-state index contributed by atoms with van der Waals surface area (Å²) in [5.41, 5.74) is 1.57. The van der Waals surface area contributed by atoms with Gasteiger partial charge in [0.25, 0.3) is 0 Å². The van der Waals surface area contributed by atoms with Crippen LogP contribution in [0.1, 0.15) is 28.8 Å². The van der Waals surface area contributed by atoms with E-state index in [0.29, 0.717) is 23.6 Å². The van der Waals surface area contributed by atoms with Gasteiger partial charge in [-0.05, 0) is 40.6 Å². The molecule has 0 heterocycles. The number of ether oxygens (including phenoxy) is 2. The van der Waals surface area contributed by atoms with E-state index in [9.17, 15) is 9.59 Å². The molecule has 0 spiro atoms. The van der Waals surface area contributed by atoms with Gasteiger partial charge < -0.3 is 14.4 Å². The summed E-state index contributed by atoms with van der Waals surface area (Å²) in [5.74, 6) is 0.902. The van der Waals surface area contributed by atoms with Crippen LogP contribution in [0.3, 0.4) is 0 Å². The summed E-state index contributed by atoms with van der Waals surface area (Å²) >= 11 is 0. The molecular formula is C24H25NO4. The van der Waals surface area contributed by atoms with Gasteiger partial charge in [0.05, 0.1) is 14.2 Å². The molecule has 0 aliphatic heterocycles. The van der Waals surface area contributed by atoms with Gasteiger partial charge in [-0.2, -0.15) is 0 Å². The second-order valence-electron chi connectivity index (χ2n) is 6.92. The maximum absolute atomic E-state index is 12.5. The quantitative estimate of drug-likeness (QED) is 0.531. The van der Waals surface area contributed by atoms with E-state index in [1.807, 2.05) is 18.2 Å². The van der Waals surface area contributed by atoms with Gasteiger partial charge in [0.2, 0.25) is 5.91 Å². The minimum absolute atomic E-state index is 0.0630. The average Bonchev–Trinajstić information content (AvgIpc) is 2.76. The molecule has 0 aliphatic carbocycles. The smallest absolute Gasteiger partial charge is 0.223 e. The Bertz CT molecular complexity index is 1030. The molecule has 1 amide bonds. The predicted molar refractivity (Wildman–Crippen MR) is 114 cm³/mol. The third kappa shape index (κ3) is 4.93. The van der Waals surface area contributed by atoms with Gasteiger partial charge in [-0.3, -0.25) is 9.59 Å². The molecule has 29 heavy (non-hydrogen) atoms. The number of benzene rings is 3. The Morgan fingerprint density at radius 1 is 0.828 bits per heavy atom. The number of carbonyl (C=O) groups excluding carboxylic acids is 2. The number of nitrogens with zero attached hydrogens (tertiary/aromatic N) is 1. The maximum Gasteiger partial charge on any atom is 0.223 e. The summed E-state index contributed by atoms with van der Waals surface area (Å²) < 4.78 is 10.4. The number of ketones is 1. The van der Waals surface area contributed by atoms with Crippen molar-refractivity contribution in [1.82, 2.24) is 4.90 Å². The van der Waals surface area contributed by atoms with E-state index in [-0.39, 0.29) is 24.5 Å². The first kappa shape index (κ1) is 20.4. The van der Waals surface area contributed by atoms with Crippen LogP contribution in [0.5, 0.6) is 11.5 Å². The normalized spacial score (nSPS) is 10.6. The van der Waals surface area contributed by atoms with Gasteiger partial charge in [-0.15, -0.1) is 0 Å². The fourth-order valence-corrected chi connectivity index (χ4v) is 3.26. The zero-order chi connectivity index (χ0) is 20.8. The standard InChI is InChI=1S/C24H25NO4/c1-25(16-17-8-9-18-6-4-5-7-19(18)14-17)24(27)13-11-21(26)20-10-12-22(28-2)23(15-20)29-3/h4-10,12,14-15H,11,13,16H2,1-3H3. The molecule has 0 bridgehead atoms. The fraction of sp³-hybridized carbons (Fsp3) is 0.250. The maximum atomic E-state index is 12.5. The van der Waals surface area contributed by atoms with Crippen molar-refractivity contribution in [1.29, 1.82) is 0 Å². The SMILES string of the molecule is COc1ccc(C(=O)CCC(=O)N(C)Cc2ccc3ccccc3c2)cc1OC. The molecule has 150 valence electrons. The third-order valence-corrected chi connectivity index (χ3v) is 4.93. The molecule has 0 saturated carbocycles. The molecule has 5 nitrogen and oxygen atoms in total. The number of fused-ring (bicyclic) bond motifs is 1. The zero-order valence-corrected chi connectivity index (χ0v) is 17.0. The lowest BCUT2D eigenvalue weighted by atomic mass is 10.0. The molecule has 3 aromatic rings. The van der Waals surface area contributed by atoms with Crippen LogP contribution in [0, 0.1) is 0 Å². The number of amides is 1. The lowest BCUT2D eigenvalue weighted by molar-refractivity contribution is -0.130. The van der Waals surface area contributed by atoms with Gasteiger partial charge >= 0.3 is 0 Å². The number of Topliss-reactive ketones (excluding diaryl/α,β-unsaturated/α-hetero) is 1. The van der Waals surface area contributed by atoms with Crippen molar-refractivity contribution in [2.75, 3.05) is 21.3 Å². The van der Waals surface area contributed by atoms with Crippen molar-refractivity contribution in [3.05, 3.63) is 71.8 Å². The van der Waals surface area contributed by atoms with Crippen molar-refractivity contribution < 1.29 is 19.1 Å². The van der Waals surface area contributed by atoms with Gasteiger partial charge in [-0.25, -0.2) is 0 Å². The highest BCUT2D eigenvalue weighted by molar-refractivity contribution is 5.98. The van der Waals surface area contributed by atoms with Crippen LogP contribution in [0.2, 0.25) is 0 Å². The monoisotopic (exact) mass is 391 g/mol. The number of methoxy groups -OCH3 is 2. The third-order valence-electron chi connectivity index (χ3n) is 4.93. The molecular weight excluding hydrogens is 366 g/mol. The second-order valence-corrected chi connectivity index (χ2v) is 6.92. The lowest BCUT2D eigenvalue weighted by Crippen LogP contribution is -2.26. The number of carbonyl (C=O) groups is 2. The van der Waals surface area contributed by atoms with Crippen LogP contribution in [0.4, 0.5) is 0 Å². The van der Waals surface area contributed by atoms with Gasteiger partial charge in [0.1, 0.15) is 0 Å². The van der Waals surface area contributed by atoms with Crippen molar-refractivity contribution in [2.45, 2.75) is 19.4 Å². The van der Waals surface area contributed by atoms with Crippen LogP contribution in [0.15, 0.2) is 60.7 Å². The fourth-order valence-electron chi connectivity index (χ4n) is 3.26. The first-order chi connectivity index (χ1) is 14.0. The molecule has 0 radical (unpaired) electrons. The van der Waals surface area contributed by atoms with E-state index >= 15 is 0 Å². The minimum Gasteiger partial charge on any atom is -0.493 e. The molecule has 0 saturated heterocycles. The average molecular weight is 391 g/mol. The molecule has 0 N–H and O–H groups in total. The Balaban J connectivity index is 1.58. The van der Waals surface area contributed by atoms with Crippen LogP contribution >= 0.6 is 0 Å². The summed E-state index contributed by atoms with van der Waals surface area (Å²) in [4.78, 5) is 26.6. The molecule has 0 fully saturated rings. The zero-order valence-electron chi connectivity index (χ0n) is 17.0. The minimum atomic E-state index is -0.0987. The molecule has 0 atom stereocenters. The molecule has 0 unspecified atom stereocenters. The summed E-state index contributed by atoms with van der Waals surface area (Å²) in [6.07, 6.45) is 0.313. The number of hydrogen-bond donors (Lipinski definition) is 0. The Hall–Kier alpha value is -3.34. The molecule has 0 aromatic heterocycles. The highest BCUT2D eigenvalue weighted by Gasteiger charge is 2.15. The Kier molecular flexibility index (Phi) is 6.50. The van der Waals surface area contributed by atoms with Crippen LogP contribution < -0.4 is 9.47 Å². The van der Waals surface area contributed by atoms with E-state index in [1.54, 1.807) is 37.3 Å². The molecule has 5 heteroatoms. The van der Waals surface area contributed by atoms with Crippen LogP contribution in [-0.4, -0.2) is 37.9 Å². The highest BCUT2D eigenvalue weighted by atomic mass is 16.5. The van der Waals surface area contributed by atoms with E-state index in [0.717, 1.165) is 10.9 Å². The molecule has 3 rings (SSSR count). The summed E-state index contributed by atoms with van der Waals surface area (Å²) in [6, 6.07) is 19.3. The van der Waals surface area contributed by atoms with E-state index in [1.165, 1.54) is 12.5 Å². The first-order valence-electron chi connectivity index (χ1n) is 9.48. The number of rotatable bonds is 8. The topological polar surface area (TPSA) is 55.8 Å². The first-order valence-corrected chi connectivity index (χ1v) is 9.48. The number of hydrogen-bond acceptors (Lipinski definition) is 4. The second kappa shape index (κ2) is 9.24. The van der Waals surface area contributed by atoms with Crippen molar-refractivity contribution in [3.63, 3.8) is 0 Å². The van der Waals surface area contributed by atoms with Crippen LogP contribution in [0.25, 0.3) is 10.8 Å². The Morgan fingerprint density at radius 2 is 1.55 bits per heavy atom. The lowest BCUT2D eigenvalue weighted by Gasteiger charge is -2.17. The van der Waals surface area contributed by atoms with Crippen molar-refractivity contribution in [2.24, 2.45) is 0 Å². The van der Waals surface area contributed by atoms with Gasteiger partial charge in [0, 0.05) is 32.0 Å². The van der Waals surface area contributed by atoms with Gasteiger partial charge in [-0.1, -0.05) is 36.4 Å². The predicted octanol–water partition coefficient (Wildman–Crippen LogP) is 4.48. The van der Waals surface area contributed by atoms with Crippen molar-refractivity contribution >= 4 is 22.5 Å². The van der Waals surface area contributed by atoms with E-state index in [4.69, 9.17) is 9.47 Å². The molecule has 0 aliphatic rings. The van der Waals surface area contributed by atoms with Gasteiger partial charge in [0.15, 0.2) is 17.3 Å². The Morgan fingerprint density at radius 3 is 2.28 bits per heavy atom. The summed E-state index contributed by atoms with van der Waals surface area (Å²) in [5, 5.41) is 2.32. The van der Waals surface area contributed by atoms with Crippen molar-refractivity contribution in [3.8, 4) is 11.5 Å². The van der Waals surface area contributed by atoms with E-state index in [2.05, 4.69) is 24.3 Å². The highest BCUT2D eigenvalue weighted by Crippen LogP contribution is 2.28. The Labute approximate surface area is 170 Å². The molecule has 3 aromatic carbocycles.